The van der Waals surface area contributed by atoms with Gasteiger partial charge in [-0.1, -0.05) is 48.5 Å². The molecular weight excluding hydrogens is 413 g/mol. The summed E-state index contributed by atoms with van der Waals surface area (Å²) < 4.78 is 15.6. The van der Waals surface area contributed by atoms with E-state index in [-0.39, 0.29) is 34.4 Å². The quantitative estimate of drug-likeness (QED) is 0.410. The normalized spacial score (nSPS) is 11.0. The molecular formula is C21H21ClFN3O2S. The second-order valence-electron chi connectivity index (χ2n) is 6.61. The zero-order valence-electron chi connectivity index (χ0n) is 16.2. The van der Waals surface area contributed by atoms with Crippen molar-refractivity contribution in [3.05, 3.63) is 69.2 Å². The van der Waals surface area contributed by atoms with Crippen LogP contribution in [0.25, 0.3) is 10.9 Å². The molecule has 0 aliphatic rings. The maximum absolute atomic E-state index is 14.0. The molecule has 0 radical (unpaired) electrons. The number of hydrogen-bond acceptors (Lipinski definition) is 4. The standard InChI is InChI=1S/C21H21ClFN3O2S/c1-3-11-26-20(28)14-7-4-5-10-18(14)24-21(26)29-13-19(27)25(2)12-15-16(22)8-6-9-17(15)23/h4-10H,3,11-13H2,1-2H3. The molecule has 0 atom stereocenters. The van der Waals surface area contributed by atoms with Gasteiger partial charge in [-0.05, 0) is 30.7 Å². The molecule has 0 aliphatic heterocycles. The summed E-state index contributed by atoms with van der Waals surface area (Å²) in [6.07, 6.45) is 0.771. The number of carbonyl (C=O) groups excluding carboxylic acids is 1. The second-order valence-corrected chi connectivity index (χ2v) is 7.96. The first-order valence-electron chi connectivity index (χ1n) is 9.21. The molecule has 0 aliphatic carbocycles. The van der Waals surface area contributed by atoms with E-state index >= 15 is 0 Å². The Morgan fingerprint density at radius 1 is 1.24 bits per heavy atom. The third kappa shape index (κ3) is 4.79. The SMILES string of the molecule is CCCn1c(SCC(=O)N(C)Cc2c(F)cccc2Cl)nc2ccccc2c1=O. The molecule has 1 aromatic heterocycles. The van der Waals surface area contributed by atoms with Gasteiger partial charge in [-0.3, -0.25) is 14.2 Å². The second kappa shape index (κ2) is 9.41. The molecule has 0 spiro atoms. The third-order valence-electron chi connectivity index (χ3n) is 4.48. The number of rotatable bonds is 7. The number of nitrogens with zero attached hydrogens (tertiary/aromatic N) is 3. The van der Waals surface area contributed by atoms with Gasteiger partial charge in [0.25, 0.3) is 5.56 Å². The number of fused-ring (bicyclic) bond motifs is 1. The highest BCUT2D eigenvalue weighted by molar-refractivity contribution is 7.99. The summed E-state index contributed by atoms with van der Waals surface area (Å²) in [7, 11) is 1.60. The van der Waals surface area contributed by atoms with Crippen LogP contribution in [0, 0.1) is 5.82 Å². The highest BCUT2D eigenvalue weighted by atomic mass is 35.5. The smallest absolute Gasteiger partial charge is 0.262 e. The van der Waals surface area contributed by atoms with Gasteiger partial charge in [0.05, 0.1) is 16.7 Å². The lowest BCUT2D eigenvalue weighted by Crippen LogP contribution is -2.29. The van der Waals surface area contributed by atoms with Crippen LogP contribution in [0.2, 0.25) is 5.02 Å². The molecule has 0 N–H and O–H groups in total. The molecule has 3 rings (SSSR count). The Labute approximate surface area is 177 Å². The van der Waals surface area contributed by atoms with Crippen molar-refractivity contribution < 1.29 is 9.18 Å². The molecule has 29 heavy (non-hydrogen) atoms. The first-order chi connectivity index (χ1) is 13.9. The fourth-order valence-electron chi connectivity index (χ4n) is 2.92. The van der Waals surface area contributed by atoms with Crippen molar-refractivity contribution in [3.63, 3.8) is 0 Å². The molecule has 0 bridgehead atoms. The van der Waals surface area contributed by atoms with Crippen LogP contribution in [0.3, 0.4) is 0 Å². The van der Waals surface area contributed by atoms with Gasteiger partial charge in [0, 0.05) is 30.7 Å². The van der Waals surface area contributed by atoms with Gasteiger partial charge in [-0.2, -0.15) is 0 Å². The van der Waals surface area contributed by atoms with Gasteiger partial charge in [0.1, 0.15) is 5.82 Å². The first kappa shape index (κ1) is 21.3. The van der Waals surface area contributed by atoms with Gasteiger partial charge < -0.3 is 4.90 Å². The van der Waals surface area contributed by atoms with Crippen LogP contribution in [0.1, 0.15) is 18.9 Å². The van der Waals surface area contributed by atoms with E-state index in [1.54, 1.807) is 35.9 Å². The fraction of sp³-hybridized carbons (Fsp3) is 0.286. The van der Waals surface area contributed by atoms with Gasteiger partial charge in [0.15, 0.2) is 5.16 Å². The van der Waals surface area contributed by atoms with E-state index in [9.17, 15) is 14.0 Å². The van der Waals surface area contributed by atoms with Crippen molar-refractivity contribution in [2.24, 2.45) is 0 Å². The molecule has 8 heteroatoms. The average molecular weight is 434 g/mol. The summed E-state index contributed by atoms with van der Waals surface area (Å²) >= 11 is 7.25. The van der Waals surface area contributed by atoms with Gasteiger partial charge in [0.2, 0.25) is 5.91 Å². The predicted octanol–water partition coefficient (Wildman–Crippen LogP) is 4.35. The number of para-hydroxylation sites is 1. The van der Waals surface area contributed by atoms with E-state index in [1.165, 1.54) is 28.8 Å². The number of benzene rings is 2. The highest BCUT2D eigenvalue weighted by Crippen LogP contribution is 2.22. The predicted molar refractivity (Wildman–Crippen MR) is 115 cm³/mol. The minimum Gasteiger partial charge on any atom is -0.341 e. The Bertz CT molecular complexity index is 1080. The molecule has 0 fully saturated rings. The van der Waals surface area contributed by atoms with Gasteiger partial charge >= 0.3 is 0 Å². The van der Waals surface area contributed by atoms with Crippen LogP contribution in [0.15, 0.2) is 52.4 Å². The monoisotopic (exact) mass is 433 g/mol. The minimum atomic E-state index is -0.446. The van der Waals surface area contributed by atoms with Crippen molar-refractivity contribution in [2.75, 3.05) is 12.8 Å². The number of hydrogen-bond donors (Lipinski definition) is 0. The topological polar surface area (TPSA) is 55.2 Å². The Morgan fingerprint density at radius 2 is 2.00 bits per heavy atom. The van der Waals surface area contributed by atoms with E-state index < -0.39 is 5.82 Å². The van der Waals surface area contributed by atoms with E-state index in [0.29, 0.717) is 22.6 Å². The largest absolute Gasteiger partial charge is 0.341 e. The van der Waals surface area contributed by atoms with E-state index in [1.807, 2.05) is 13.0 Å². The zero-order valence-corrected chi connectivity index (χ0v) is 17.8. The molecule has 0 saturated heterocycles. The Kier molecular flexibility index (Phi) is 6.92. The van der Waals surface area contributed by atoms with Crippen LogP contribution in [-0.4, -0.2) is 33.2 Å². The van der Waals surface area contributed by atoms with E-state index in [2.05, 4.69) is 4.98 Å². The van der Waals surface area contributed by atoms with Crippen molar-refractivity contribution in [1.82, 2.24) is 14.5 Å². The molecule has 3 aromatic rings. The first-order valence-corrected chi connectivity index (χ1v) is 10.6. The summed E-state index contributed by atoms with van der Waals surface area (Å²) in [5, 5.41) is 1.34. The number of amides is 1. The summed E-state index contributed by atoms with van der Waals surface area (Å²) in [5.41, 5.74) is 0.770. The van der Waals surface area contributed by atoms with Crippen molar-refractivity contribution >= 4 is 40.2 Å². The lowest BCUT2D eigenvalue weighted by atomic mass is 10.2. The summed E-state index contributed by atoms with van der Waals surface area (Å²) in [6, 6.07) is 11.6. The third-order valence-corrected chi connectivity index (χ3v) is 5.80. The van der Waals surface area contributed by atoms with Gasteiger partial charge in [-0.25, -0.2) is 9.37 Å². The average Bonchev–Trinajstić information content (AvgIpc) is 2.71. The molecule has 1 amide bonds. The molecule has 0 unspecified atom stereocenters. The summed E-state index contributed by atoms with van der Waals surface area (Å²) in [6.45, 7) is 2.57. The molecule has 0 saturated carbocycles. The Morgan fingerprint density at radius 3 is 2.72 bits per heavy atom. The lowest BCUT2D eigenvalue weighted by molar-refractivity contribution is -0.127. The molecule has 152 valence electrons. The van der Waals surface area contributed by atoms with Crippen LogP contribution < -0.4 is 5.56 Å². The molecule has 1 heterocycles. The van der Waals surface area contributed by atoms with Crippen LogP contribution in [-0.2, 0) is 17.9 Å². The number of carbonyl (C=O) groups is 1. The van der Waals surface area contributed by atoms with Crippen molar-refractivity contribution in [2.45, 2.75) is 31.6 Å². The van der Waals surface area contributed by atoms with E-state index in [0.717, 1.165) is 6.42 Å². The Hall–Kier alpha value is -2.38. The lowest BCUT2D eigenvalue weighted by Gasteiger charge is -2.19. The summed E-state index contributed by atoms with van der Waals surface area (Å²) in [4.78, 5) is 31.4. The highest BCUT2D eigenvalue weighted by Gasteiger charge is 2.17. The summed E-state index contributed by atoms with van der Waals surface area (Å²) in [5.74, 6) is -0.575. The maximum atomic E-state index is 14.0. The fourth-order valence-corrected chi connectivity index (χ4v) is 4.11. The molecule has 5 nitrogen and oxygen atoms in total. The van der Waals surface area contributed by atoms with Crippen LogP contribution in [0.4, 0.5) is 4.39 Å². The number of aromatic nitrogens is 2. The van der Waals surface area contributed by atoms with Crippen LogP contribution >= 0.6 is 23.4 Å². The number of thioether (sulfide) groups is 1. The van der Waals surface area contributed by atoms with Crippen molar-refractivity contribution in [1.29, 1.82) is 0 Å². The minimum absolute atomic E-state index is 0.0673. The maximum Gasteiger partial charge on any atom is 0.262 e. The molecule has 2 aromatic carbocycles. The van der Waals surface area contributed by atoms with E-state index in [4.69, 9.17) is 11.6 Å². The van der Waals surface area contributed by atoms with Crippen molar-refractivity contribution in [3.8, 4) is 0 Å². The van der Waals surface area contributed by atoms with Gasteiger partial charge in [-0.15, -0.1) is 0 Å². The number of halogens is 2. The zero-order chi connectivity index (χ0) is 21.0. The Balaban J connectivity index is 1.78. The van der Waals surface area contributed by atoms with Crippen LogP contribution in [0.5, 0.6) is 0 Å².